The molecule has 1 aliphatic rings. The van der Waals surface area contributed by atoms with Gasteiger partial charge in [0, 0.05) is 19.4 Å². The molecule has 0 aliphatic carbocycles. The Morgan fingerprint density at radius 3 is 2.95 bits per heavy atom. The number of ether oxygens (including phenoxy) is 1. The molecule has 0 spiro atoms. The van der Waals surface area contributed by atoms with E-state index in [9.17, 15) is 9.18 Å². The van der Waals surface area contributed by atoms with Crippen LogP contribution in [0.15, 0.2) is 22.7 Å². The van der Waals surface area contributed by atoms with E-state index in [4.69, 9.17) is 4.74 Å². The number of carbonyl (C=O) groups excluding carboxylic acids is 1. The van der Waals surface area contributed by atoms with Crippen LogP contribution in [-0.2, 0) is 16.0 Å². The van der Waals surface area contributed by atoms with E-state index in [-0.39, 0.29) is 17.7 Å². The van der Waals surface area contributed by atoms with Crippen LogP contribution in [0.4, 0.5) is 4.39 Å². The number of ketones is 1. The Balaban J connectivity index is 1.78. The molecule has 0 amide bonds. The topological polar surface area (TPSA) is 26.3 Å². The van der Waals surface area contributed by atoms with E-state index in [1.807, 2.05) is 0 Å². The summed E-state index contributed by atoms with van der Waals surface area (Å²) in [7, 11) is 0. The summed E-state index contributed by atoms with van der Waals surface area (Å²) in [6, 6.07) is 4.72. The zero-order valence-electron chi connectivity index (χ0n) is 10.8. The second kappa shape index (κ2) is 7.15. The molecule has 0 radical (unpaired) electrons. The number of benzene rings is 1. The Bertz CT molecular complexity index is 442. The molecule has 1 aromatic carbocycles. The molecule has 104 valence electrons. The van der Waals surface area contributed by atoms with Gasteiger partial charge < -0.3 is 4.74 Å². The summed E-state index contributed by atoms with van der Waals surface area (Å²) in [4.78, 5) is 11.9. The maximum atomic E-state index is 13.1. The third kappa shape index (κ3) is 4.69. The van der Waals surface area contributed by atoms with Gasteiger partial charge in [-0.05, 0) is 59.3 Å². The molecule has 1 aromatic rings. The molecule has 0 aromatic heterocycles. The standard InChI is InChI=1S/C15H18BrFO2/c16-14-10-11(4-7-15(14)17)9-12(18)5-6-13-3-1-2-8-19-13/h4,7,10,13H,1-3,5-6,8-9H2. The molecule has 0 N–H and O–H groups in total. The number of Topliss-reactive ketones (excluding diaryl/α,β-unsaturated/α-hetero) is 1. The average Bonchev–Trinajstić information content (AvgIpc) is 2.42. The second-order valence-electron chi connectivity index (χ2n) is 4.99. The third-order valence-corrected chi connectivity index (χ3v) is 4.01. The zero-order valence-corrected chi connectivity index (χ0v) is 12.4. The van der Waals surface area contributed by atoms with Crippen molar-refractivity contribution in [2.75, 3.05) is 6.61 Å². The van der Waals surface area contributed by atoms with Crippen molar-refractivity contribution >= 4 is 21.7 Å². The van der Waals surface area contributed by atoms with Gasteiger partial charge in [0.1, 0.15) is 11.6 Å². The third-order valence-electron chi connectivity index (χ3n) is 3.40. The minimum absolute atomic E-state index is 0.188. The van der Waals surface area contributed by atoms with Crippen molar-refractivity contribution in [1.82, 2.24) is 0 Å². The Labute approximate surface area is 121 Å². The molecule has 1 atom stereocenters. The van der Waals surface area contributed by atoms with Gasteiger partial charge in [0.05, 0.1) is 10.6 Å². The van der Waals surface area contributed by atoms with Crippen LogP contribution >= 0.6 is 15.9 Å². The van der Waals surface area contributed by atoms with Gasteiger partial charge >= 0.3 is 0 Å². The van der Waals surface area contributed by atoms with Crippen molar-refractivity contribution in [2.24, 2.45) is 0 Å². The lowest BCUT2D eigenvalue weighted by Crippen LogP contribution is -2.20. The molecule has 1 saturated heterocycles. The van der Waals surface area contributed by atoms with Crippen molar-refractivity contribution in [2.45, 2.75) is 44.6 Å². The number of halogens is 2. The molecule has 0 saturated carbocycles. The normalized spacial score (nSPS) is 19.4. The molecule has 2 rings (SSSR count). The van der Waals surface area contributed by atoms with E-state index in [2.05, 4.69) is 15.9 Å². The lowest BCUT2D eigenvalue weighted by atomic mass is 10.0. The van der Waals surface area contributed by atoms with Crippen LogP contribution in [0.5, 0.6) is 0 Å². The molecule has 4 heteroatoms. The van der Waals surface area contributed by atoms with E-state index in [0.717, 1.165) is 31.4 Å². The van der Waals surface area contributed by atoms with Crippen LogP contribution in [0.3, 0.4) is 0 Å². The van der Waals surface area contributed by atoms with E-state index in [0.29, 0.717) is 17.3 Å². The van der Waals surface area contributed by atoms with E-state index in [1.54, 1.807) is 12.1 Å². The Hall–Kier alpha value is -0.740. The first kappa shape index (κ1) is 14.7. The van der Waals surface area contributed by atoms with E-state index < -0.39 is 0 Å². The Morgan fingerprint density at radius 1 is 1.42 bits per heavy atom. The fraction of sp³-hybridized carbons (Fsp3) is 0.533. The SMILES string of the molecule is O=C(CCC1CCCCO1)Cc1ccc(F)c(Br)c1. The van der Waals surface area contributed by atoms with Gasteiger partial charge in [-0.25, -0.2) is 4.39 Å². The van der Waals surface area contributed by atoms with Gasteiger partial charge in [-0.1, -0.05) is 6.07 Å². The van der Waals surface area contributed by atoms with Gasteiger partial charge in [0.25, 0.3) is 0 Å². The largest absolute Gasteiger partial charge is 0.378 e. The highest BCUT2D eigenvalue weighted by atomic mass is 79.9. The first-order chi connectivity index (χ1) is 9.15. The molecule has 1 unspecified atom stereocenters. The zero-order chi connectivity index (χ0) is 13.7. The van der Waals surface area contributed by atoms with Crippen LogP contribution in [0.2, 0.25) is 0 Å². The summed E-state index contributed by atoms with van der Waals surface area (Å²) in [5.41, 5.74) is 0.850. The molecular weight excluding hydrogens is 311 g/mol. The van der Waals surface area contributed by atoms with Gasteiger partial charge in [-0.2, -0.15) is 0 Å². The fourth-order valence-electron chi connectivity index (χ4n) is 2.32. The lowest BCUT2D eigenvalue weighted by Gasteiger charge is -2.22. The van der Waals surface area contributed by atoms with Crippen LogP contribution in [0.25, 0.3) is 0 Å². The molecule has 1 heterocycles. The molecule has 2 nitrogen and oxygen atoms in total. The second-order valence-corrected chi connectivity index (χ2v) is 5.85. The van der Waals surface area contributed by atoms with E-state index >= 15 is 0 Å². The molecular formula is C15H18BrFO2. The van der Waals surface area contributed by atoms with Gasteiger partial charge in [0.15, 0.2) is 0 Å². The highest BCUT2D eigenvalue weighted by Crippen LogP contribution is 2.19. The maximum absolute atomic E-state index is 13.1. The summed E-state index contributed by atoms with van der Waals surface area (Å²) in [5, 5.41) is 0. The summed E-state index contributed by atoms with van der Waals surface area (Å²) in [5.74, 6) is -0.112. The molecule has 1 aliphatic heterocycles. The maximum Gasteiger partial charge on any atom is 0.137 e. The highest BCUT2D eigenvalue weighted by molar-refractivity contribution is 9.10. The first-order valence-corrected chi connectivity index (χ1v) is 7.51. The lowest BCUT2D eigenvalue weighted by molar-refractivity contribution is -0.119. The summed E-state index contributed by atoms with van der Waals surface area (Å²) < 4.78 is 19.1. The minimum Gasteiger partial charge on any atom is -0.378 e. The number of hydrogen-bond acceptors (Lipinski definition) is 2. The summed E-state index contributed by atoms with van der Waals surface area (Å²) >= 11 is 3.13. The minimum atomic E-state index is -0.299. The fourth-order valence-corrected chi connectivity index (χ4v) is 2.75. The quantitative estimate of drug-likeness (QED) is 0.815. The number of hydrogen-bond donors (Lipinski definition) is 0. The van der Waals surface area contributed by atoms with Crippen molar-refractivity contribution < 1.29 is 13.9 Å². The molecule has 1 fully saturated rings. The average molecular weight is 329 g/mol. The summed E-state index contributed by atoms with van der Waals surface area (Å²) in [6.45, 7) is 0.823. The van der Waals surface area contributed by atoms with Crippen molar-refractivity contribution in [3.63, 3.8) is 0 Å². The van der Waals surface area contributed by atoms with Gasteiger partial charge in [0.2, 0.25) is 0 Å². The van der Waals surface area contributed by atoms with Crippen molar-refractivity contribution in [1.29, 1.82) is 0 Å². The van der Waals surface area contributed by atoms with Crippen molar-refractivity contribution in [3.05, 3.63) is 34.1 Å². The summed E-state index contributed by atoms with van der Waals surface area (Å²) in [6.07, 6.45) is 5.36. The van der Waals surface area contributed by atoms with Gasteiger partial charge in [-0.15, -0.1) is 0 Å². The number of rotatable bonds is 5. The Morgan fingerprint density at radius 2 is 2.26 bits per heavy atom. The van der Waals surface area contributed by atoms with Crippen LogP contribution < -0.4 is 0 Å². The Kier molecular flexibility index (Phi) is 5.52. The predicted molar refractivity (Wildman–Crippen MR) is 75.6 cm³/mol. The number of carbonyl (C=O) groups is 1. The van der Waals surface area contributed by atoms with Crippen LogP contribution in [-0.4, -0.2) is 18.5 Å². The van der Waals surface area contributed by atoms with Crippen LogP contribution in [0.1, 0.15) is 37.7 Å². The molecule has 0 bridgehead atoms. The first-order valence-electron chi connectivity index (χ1n) is 6.72. The molecule has 19 heavy (non-hydrogen) atoms. The smallest absolute Gasteiger partial charge is 0.137 e. The monoisotopic (exact) mass is 328 g/mol. The highest BCUT2D eigenvalue weighted by Gasteiger charge is 2.15. The van der Waals surface area contributed by atoms with Crippen LogP contribution in [0, 0.1) is 5.82 Å². The predicted octanol–water partition coefficient (Wildman–Crippen LogP) is 4.05. The van der Waals surface area contributed by atoms with Gasteiger partial charge in [-0.3, -0.25) is 4.79 Å². The van der Waals surface area contributed by atoms with Crippen molar-refractivity contribution in [3.8, 4) is 0 Å². The van der Waals surface area contributed by atoms with E-state index in [1.165, 1.54) is 12.5 Å².